The number of amides is 2. The number of ether oxygens (including phenoxy) is 2. The number of hydrogen-bond acceptors (Lipinski definition) is 6. The second-order valence-corrected chi connectivity index (χ2v) is 10.1. The van der Waals surface area contributed by atoms with E-state index in [0.717, 1.165) is 29.9 Å². The molecule has 2 fully saturated rings. The zero-order valence-electron chi connectivity index (χ0n) is 20.6. The Balaban J connectivity index is 1.46. The maximum atomic E-state index is 13.2. The van der Waals surface area contributed by atoms with Gasteiger partial charge in [-0.15, -0.1) is 0 Å². The van der Waals surface area contributed by atoms with Crippen LogP contribution in [0.1, 0.15) is 42.7 Å². The van der Waals surface area contributed by atoms with E-state index in [1.807, 2.05) is 35.8 Å². The van der Waals surface area contributed by atoms with Gasteiger partial charge in [0.05, 0.1) is 25.5 Å². The van der Waals surface area contributed by atoms with E-state index < -0.39 is 5.41 Å². The number of carbonyl (C=O) groups is 2. The van der Waals surface area contributed by atoms with Gasteiger partial charge in [-0.3, -0.25) is 9.59 Å². The number of carbonyl (C=O) groups excluding carboxylic acids is 2. The molecule has 8 nitrogen and oxygen atoms in total. The van der Waals surface area contributed by atoms with Gasteiger partial charge in [0.1, 0.15) is 11.5 Å². The highest BCUT2D eigenvalue weighted by Gasteiger charge is 2.41. The van der Waals surface area contributed by atoms with Gasteiger partial charge in [0.2, 0.25) is 11.8 Å². The van der Waals surface area contributed by atoms with Crippen molar-refractivity contribution in [2.45, 2.75) is 46.0 Å². The maximum Gasteiger partial charge on any atom is 0.223 e. The normalized spacial score (nSPS) is 20.7. The minimum Gasteiger partial charge on any atom is -0.493 e. The van der Waals surface area contributed by atoms with Gasteiger partial charge in [0.15, 0.2) is 0 Å². The van der Waals surface area contributed by atoms with Crippen LogP contribution in [0.2, 0.25) is 5.02 Å². The molecular formula is C26H34ClN3O5. The Kier molecular flexibility index (Phi) is 8.34. The van der Waals surface area contributed by atoms with Crippen molar-refractivity contribution in [3.05, 3.63) is 46.3 Å². The molecule has 3 heterocycles. The molecule has 1 aromatic heterocycles. The van der Waals surface area contributed by atoms with E-state index in [2.05, 4.69) is 5.16 Å². The van der Waals surface area contributed by atoms with Crippen LogP contribution >= 0.6 is 11.6 Å². The lowest BCUT2D eigenvalue weighted by atomic mass is 9.77. The Hall–Kier alpha value is -2.58. The zero-order valence-corrected chi connectivity index (χ0v) is 21.3. The van der Waals surface area contributed by atoms with Crippen LogP contribution in [0.25, 0.3) is 0 Å². The predicted molar refractivity (Wildman–Crippen MR) is 132 cm³/mol. The minimum atomic E-state index is -0.464. The third-order valence-electron chi connectivity index (χ3n) is 7.02. The van der Waals surface area contributed by atoms with Crippen LogP contribution in [0.3, 0.4) is 0 Å². The second-order valence-electron chi connectivity index (χ2n) is 9.64. The summed E-state index contributed by atoms with van der Waals surface area (Å²) in [5.74, 6) is 1.59. The summed E-state index contributed by atoms with van der Waals surface area (Å²) in [6.07, 6.45) is 2.95. The number of benzene rings is 1. The average Bonchev–Trinajstić information content (AvgIpc) is 3.19. The Bertz CT molecular complexity index is 1020. The molecule has 4 rings (SSSR count). The van der Waals surface area contributed by atoms with Crippen LogP contribution < -0.4 is 4.74 Å². The van der Waals surface area contributed by atoms with E-state index in [9.17, 15) is 9.59 Å². The molecule has 2 amide bonds. The molecule has 9 heteroatoms. The maximum absolute atomic E-state index is 13.2. The lowest BCUT2D eigenvalue weighted by molar-refractivity contribution is -0.143. The van der Waals surface area contributed by atoms with Crippen LogP contribution in [-0.4, -0.2) is 72.8 Å². The highest BCUT2D eigenvalue weighted by atomic mass is 35.5. The molecule has 0 unspecified atom stereocenters. The molecule has 1 atom stereocenters. The van der Waals surface area contributed by atoms with E-state index in [4.69, 9.17) is 25.6 Å². The molecular weight excluding hydrogens is 470 g/mol. The van der Waals surface area contributed by atoms with E-state index in [1.54, 1.807) is 12.1 Å². The minimum absolute atomic E-state index is 0.0793. The molecule has 0 bridgehead atoms. The van der Waals surface area contributed by atoms with E-state index in [-0.39, 0.29) is 11.8 Å². The van der Waals surface area contributed by atoms with Gasteiger partial charge in [-0.1, -0.05) is 22.8 Å². The Morgan fingerprint density at radius 2 is 1.94 bits per heavy atom. The van der Waals surface area contributed by atoms with Crippen LogP contribution in [0, 0.1) is 19.3 Å². The van der Waals surface area contributed by atoms with Crippen molar-refractivity contribution in [1.82, 2.24) is 15.0 Å². The van der Waals surface area contributed by atoms with E-state index >= 15 is 0 Å². The third kappa shape index (κ3) is 6.55. The van der Waals surface area contributed by atoms with Crippen LogP contribution in [0.4, 0.5) is 0 Å². The highest BCUT2D eigenvalue weighted by molar-refractivity contribution is 6.30. The number of hydrogen-bond donors (Lipinski definition) is 0. The molecule has 0 spiro atoms. The van der Waals surface area contributed by atoms with Gasteiger partial charge < -0.3 is 23.8 Å². The summed E-state index contributed by atoms with van der Waals surface area (Å²) >= 11 is 6.13. The zero-order chi connectivity index (χ0) is 24.8. The van der Waals surface area contributed by atoms with Gasteiger partial charge in [-0.05, 0) is 51.3 Å². The highest BCUT2D eigenvalue weighted by Crippen LogP contribution is 2.36. The number of rotatable bonds is 8. The lowest BCUT2D eigenvalue weighted by Crippen LogP contribution is -2.52. The van der Waals surface area contributed by atoms with Gasteiger partial charge in [0.25, 0.3) is 0 Å². The molecule has 35 heavy (non-hydrogen) atoms. The third-order valence-corrected chi connectivity index (χ3v) is 7.25. The first-order valence-corrected chi connectivity index (χ1v) is 12.7. The fourth-order valence-electron chi connectivity index (χ4n) is 5.02. The number of nitrogens with zero attached hydrogens (tertiary/aromatic N) is 3. The van der Waals surface area contributed by atoms with Crippen LogP contribution in [-0.2, 0) is 20.7 Å². The lowest BCUT2D eigenvalue weighted by Gasteiger charge is -2.43. The summed E-state index contributed by atoms with van der Waals surface area (Å²) in [5, 5.41) is 4.59. The molecule has 0 radical (unpaired) electrons. The van der Waals surface area contributed by atoms with Crippen molar-refractivity contribution < 1.29 is 23.6 Å². The first kappa shape index (κ1) is 25.5. The Labute approximate surface area is 211 Å². The number of aryl methyl sites for hydroxylation is 2. The Morgan fingerprint density at radius 1 is 1.14 bits per heavy atom. The Morgan fingerprint density at radius 3 is 2.66 bits per heavy atom. The van der Waals surface area contributed by atoms with Gasteiger partial charge >= 0.3 is 0 Å². The largest absolute Gasteiger partial charge is 0.493 e. The summed E-state index contributed by atoms with van der Waals surface area (Å²) in [5.41, 5.74) is 1.36. The number of likely N-dealkylation sites (tertiary alicyclic amines) is 1. The van der Waals surface area contributed by atoms with Crippen molar-refractivity contribution in [2.24, 2.45) is 5.41 Å². The predicted octanol–water partition coefficient (Wildman–Crippen LogP) is 3.81. The SMILES string of the molecule is Cc1noc(C)c1CCC(=O)N1CCC[C@@](COc2cccc(Cl)c2)(CC(=O)N2CCOCC2)C1. The van der Waals surface area contributed by atoms with E-state index in [1.165, 1.54) is 0 Å². The number of aromatic nitrogens is 1. The average molecular weight is 504 g/mol. The van der Waals surface area contributed by atoms with Crippen LogP contribution in [0.15, 0.2) is 28.8 Å². The van der Waals surface area contributed by atoms with Crippen molar-refractivity contribution in [3.8, 4) is 5.75 Å². The number of piperidine rings is 1. The molecule has 2 saturated heterocycles. The summed E-state index contributed by atoms with van der Waals surface area (Å²) in [6.45, 7) is 7.61. The fourth-order valence-corrected chi connectivity index (χ4v) is 5.20. The van der Waals surface area contributed by atoms with Crippen LogP contribution in [0.5, 0.6) is 5.75 Å². The van der Waals surface area contributed by atoms with Crippen molar-refractivity contribution in [2.75, 3.05) is 46.0 Å². The smallest absolute Gasteiger partial charge is 0.223 e. The molecule has 0 aliphatic carbocycles. The molecule has 190 valence electrons. The topological polar surface area (TPSA) is 85.1 Å². The summed E-state index contributed by atoms with van der Waals surface area (Å²) in [7, 11) is 0. The van der Waals surface area contributed by atoms with Crippen molar-refractivity contribution in [3.63, 3.8) is 0 Å². The molecule has 0 N–H and O–H groups in total. The van der Waals surface area contributed by atoms with Gasteiger partial charge in [-0.25, -0.2) is 0 Å². The second kappa shape index (κ2) is 11.4. The molecule has 2 aliphatic heterocycles. The summed E-state index contributed by atoms with van der Waals surface area (Å²) in [4.78, 5) is 30.2. The van der Waals surface area contributed by atoms with Gasteiger partial charge in [0, 0.05) is 55.0 Å². The monoisotopic (exact) mass is 503 g/mol. The first-order valence-electron chi connectivity index (χ1n) is 12.3. The number of halogens is 1. The first-order chi connectivity index (χ1) is 16.8. The fraction of sp³-hybridized carbons (Fsp3) is 0.577. The van der Waals surface area contributed by atoms with Gasteiger partial charge in [-0.2, -0.15) is 0 Å². The molecule has 1 aromatic carbocycles. The number of morpholine rings is 1. The summed E-state index contributed by atoms with van der Waals surface area (Å²) < 4.78 is 16.8. The molecule has 2 aromatic rings. The van der Waals surface area contributed by atoms with Crippen molar-refractivity contribution >= 4 is 23.4 Å². The van der Waals surface area contributed by atoms with E-state index in [0.29, 0.717) is 76.0 Å². The van der Waals surface area contributed by atoms with Crippen molar-refractivity contribution in [1.29, 1.82) is 0 Å². The molecule has 0 saturated carbocycles. The quantitative estimate of drug-likeness (QED) is 0.544. The summed E-state index contributed by atoms with van der Waals surface area (Å²) in [6, 6.07) is 7.27. The standard InChI is InChI=1S/C26H34ClN3O5/c1-19-23(20(2)35-28-19)7-8-24(31)30-10-4-9-26(17-30,16-25(32)29-11-13-33-14-12-29)18-34-22-6-3-5-21(27)15-22/h3,5-6,15H,4,7-14,16-18H2,1-2H3/t26-/m1/s1. The molecule has 2 aliphatic rings.